The van der Waals surface area contributed by atoms with Crippen LogP contribution in [0.2, 0.25) is 0 Å². The Morgan fingerprint density at radius 1 is 0.867 bits per heavy atom. The van der Waals surface area contributed by atoms with Crippen molar-refractivity contribution in [1.29, 1.82) is 0 Å². The van der Waals surface area contributed by atoms with Crippen LogP contribution in [-0.2, 0) is 0 Å². The van der Waals surface area contributed by atoms with Gasteiger partial charge in [0.15, 0.2) is 0 Å². The molecule has 1 heteroatoms. The molecule has 0 aliphatic carbocycles. The maximum Gasteiger partial charge on any atom is 0.0565 e. The zero-order chi connectivity index (χ0) is 11.5. The average molecular weight is 214 g/mol. The van der Waals surface area contributed by atoms with Crippen LogP contribution in [0.25, 0.3) is 0 Å². The monoisotopic (exact) mass is 214 g/mol. The number of rotatable bonds is 10. The van der Waals surface area contributed by atoms with Gasteiger partial charge in [-0.05, 0) is 12.3 Å². The van der Waals surface area contributed by atoms with Gasteiger partial charge >= 0.3 is 0 Å². The van der Waals surface area contributed by atoms with Crippen LogP contribution in [0.3, 0.4) is 0 Å². The van der Waals surface area contributed by atoms with Crippen molar-refractivity contribution in [2.75, 3.05) is 0 Å². The minimum Gasteiger partial charge on any atom is -0.393 e. The van der Waals surface area contributed by atoms with Gasteiger partial charge in [-0.15, -0.1) is 0 Å². The minimum atomic E-state index is -0.0642. The molecule has 0 aromatic heterocycles. The number of unbranched alkanes of at least 4 members (excludes halogenated alkanes) is 6. The first-order valence-electron chi connectivity index (χ1n) is 6.90. The summed E-state index contributed by atoms with van der Waals surface area (Å²) in [6.07, 6.45) is 11.4. The molecule has 92 valence electrons. The Morgan fingerprint density at radius 3 is 1.93 bits per heavy atom. The fourth-order valence-electron chi connectivity index (χ4n) is 1.87. The predicted octanol–water partition coefficient (Wildman–Crippen LogP) is 4.53. The van der Waals surface area contributed by atoms with E-state index in [4.69, 9.17) is 0 Å². The van der Waals surface area contributed by atoms with E-state index in [0.29, 0.717) is 5.92 Å². The van der Waals surface area contributed by atoms with Crippen LogP contribution < -0.4 is 0 Å². The van der Waals surface area contributed by atoms with Crippen LogP contribution >= 0.6 is 0 Å². The third-order valence-electron chi connectivity index (χ3n) is 3.40. The van der Waals surface area contributed by atoms with Crippen molar-refractivity contribution in [3.63, 3.8) is 0 Å². The fraction of sp³-hybridized carbons (Fsp3) is 1.00. The van der Waals surface area contributed by atoms with Crippen molar-refractivity contribution in [3.8, 4) is 0 Å². The molecule has 2 unspecified atom stereocenters. The van der Waals surface area contributed by atoms with Crippen LogP contribution in [0, 0.1) is 5.92 Å². The van der Waals surface area contributed by atoms with Crippen molar-refractivity contribution in [1.82, 2.24) is 0 Å². The lowest BCUT2D eigenvalue weighted by Crippen LogP contribution is -2.16. The number of aliphatic hydroxyl groups is 1. The van der Waals surface area contributed by atoms with E-state index in [1.807, 2.05) is 0 Å². The molecule has 0 bridgehead atoms. The molecule has 0 saturated heterocycles. The molecule has 0 aliphatic rings. The summed E-state index contributed by atoms with van der Waals surface area (Å²) in [4.78, 5) is 0. The van der Waals surface area contributed by atoms with Gasteiger partial charge in [0, 0.05) is 0 Å². The standard InChI is InChI=1S/C14H30O/c1-4-6-7-8-9-10-11-12-14(15)13(3)5-2/h13-15H,4-12H2,1-3H3. The molecule has 0 spiro atoms. The smallest absolute Gasteiger partial charge is 0.0565 e. The Kier molecular flexibility index (Phi) is 10.4. The van der Waals surface area contributed by atoms with Gasteiger partial charge < -0.3 is 5.11 Å². The molecule has 0 rings (SSSR count). The van der Waals surface area contributed by atoms with Crippen molar-refractivity contribution in [2.45, 2.75) is 84.7 Å². The average Bonchev–Trinajstić information content (AvgIpc) is 2.26. The van der Waals surface area contributed by atoms with Gasteiger partial charge in [0.1, 0.15) is 0 Å². The molecule has 15 heavy (non-hydrogen) atoms. The first-order chi connectivity index (χ1) is 7.22. The largest absolute Gasteiger partial charge is 0.393 e. The van der Waals surface area contributed by atoms with Crippen LogP contribution in [-0.4, -0.2) is 11.2 Å². The van der Waals surface area contributed by atoms with Gasteiger partial charge in [0.25, 0.3) is 0 Å². The molecular formula is C14H30O. The van der Waals surface area contributed by atoms with E-state index in [1.54, 1.807) is 0 Å². The molecular weight excluding hydrogens is 184 g/mol. The van der Waals surface area contributed by atoms with E-state index in [1.165, 1.54) is 44.9 Å². The summed E-state index contributed by atoms with van der Waals surface area (Å²) in [5.74, 6) is 0.477. The van der Waals surface area contributed by atoms with Gasteiger partial charge in [-0.3, -0.25) is 0 Å². The maximum atomic E-state index is 9.76. The number of hydrogen-bond donors (Lipinski definition) is 1. The Balaban J connectivity index is 3.16. The molecule has 0 saturated carbocycles. The zero-order valence-corrected chi connectivity index (χ0v) is 11.0. The summed E-state index contributed by atoms with van der Waals surface area (Å²) < 4.78 is 0. The van der Waals surface area contributed by atoms with E-state index < -0.39 is 0 Å². The summed E-state index contributed by atoms with van der Waals surface area (Å²) in [6.45, 7) is 6.55. The van der Waals surface area contributed by atoms with Gasteiger partial charge in [-0.25, -0.2) is 0 Å². The topological polar surface area (TPSA) is 20.2 Å². The normalized spacial score (nSPS) is 15.2. The van der Waals surface area contributed by atoms with Crippen molar-refractivity contribution in [2.24, 2.45) is 5.92 Å². The molecule has 1 nitrogen and oxygen atoms in total. The van der Waals surface area contributed by atoms with E-state index in [0.717, 1.165) is 12.8 Å². The molecule has 1 N–H and O–H groups in total. The second kappa shape index (κ2) is 10.5. The lowest BCUT2D eigenvalue weighted by atomic mass is 9.96. The highest BCUT2D eigenvalue weighted by atomic mass is 16.3. The summed E-state index contributed by atoms with van der Waals surface area (Å²) in [5.41, 5.74) is 0. The van der Waals surface area contributed by atoms with Gasteiger partial charge in [0.05, 0.1) is 6.10 Å². The van der Waals surface area contributed by atoms with Crippen molar-refractivity contribution in [3.05, 3.63) is 0 Å². The molecule has 0 heterocycles. The highest BCUT2D eigenvalue weighted by Crippen LogP contribution is 2.15. The third-order valence-corrected chi connectivity index (χ3v) is 3.40. The molecule has 0 fully saturated rings. The summed E-state index contributed by atoms with van der Waals surface area (Å²) in [7, 11) is 0. The maximum absolute atomic E-state index is 9.76. The SMILES string of the molecule is CCCCCCCCCC(O)C(C)CC. The quantitative estimate of drug-likeness (QED) is 0.530. The second-order valence-electron chi connectivity index (χ2n) is 4.86. The number of aliphatic hydroxyl groups excluding tert-OH is 1. The first kappa shape index (κ1) is 15.0. The van der Waals surface area contributed by atoms with E-state index in [-0.39, 0.29) is 6.10 Å². The Morgan fingerprint density at radius 2 is 1.40 bits per heavy atom. The van der Waals surface area contributed by atoms with E-state index in [9.17, 15) is 5.11 Å². The molecule has 0 radical (unpaired) electrons. The summed E-state index contributed by atoms with van der Waals surface area (Å²) >= 11 is 0. The van der Waals surface area contributed by atoms with Gasteiger partial charge in [0.2, 0.25) is 0 Å². The predicted molar refractivity (Wildman–Crippen MR) is 68.1 cm³/mol. The summed E-state index contributed by atoms with van der Waals surface area (Å²) in [5, 5.41) is 9.76. The van der Waals surface area contributed by atoms with Crippen LogP contribution in [0.5, 0.6) is 0 Å². The lowest BCUT2D eigenvalue weighted by Gasteiger charge is -2.16. The molecule has 0 aromatic rings. The lowest BCUT2D eigenvalue weighted by molar-refractivity contribution is 0.102. The molecule has 2 atom stereocenters. The Bertz CT molecular complexity index is 123. The third kappa shape index (κ3) is 8.92. The molecule has 0 amide bonds. The van der Waals surface area contributed by atoms with E-state index >= 15 is 0 Å². The Hall–Kier alpha value is -0.0400. The van der Waals surface area contributed by atoms with Crippen LogP contribution in [0.4, 0.5) is 0 Å². The van der Waals surface area contributed by atoms with Gasteiger partial charge in [-0.2, -0.15) is 0 Å². The van der Waals surface area contributed by atoms with Crippen LogP contribution in [0.1, 0.15) is 78.6 Å². The van der Waals surface area contributed by atoms with Crippen molar-refractivity contribution >= 4 is 0 Å². The highest BCUT2D eigenvalue weighted by molar-refractivity contribution is 4.62. The molecule has 0 aromatic carbocycles. The zero-order valence-electron chi connectivity index (χ0n) is 11.0. The van der Waals surface area contributed by atoms with E-state index in [2.05, 4.69) is 20.8 Å². The fourth-order valence-corrected chi connectivity index (χ4v) is 1.87. The first-order valence-corrected chi connectivity index (χ1v) is 6.90. The van der Waals surface area contributed by atoms with Crippen molar-refractivity contribution < 1.29 is 5.11 Å². The minimum absolute atomic E-state index is 0.0642. The second-order valence-corrected chi connectivity index (χ2v) is 4.86. The molecule has 0 aliphatic heterocycles. The van der Waals surface area contributed by atoms with Gasteiger partial charge in [-0.1, -0.05) is 72.1 Å². The Labute approximate surface area is 96.3 Å². The summed E-state index contributed by atoms with van der Waals surface area (Å²) in [6, 6.07) is 0. The number of hydrogen-bond acceptors (Lipinski definition) is 1. The highest BCUT2D eigenvalue weighted by Gasteiger charge is 2.10. The van der Waals surface area contributed by atoms with Crippen LogP contribution in [0.15, 0.2) is 0 Å².